The number of halogens is 1. The lowest BCUT2D eigenvalue weighted by Gasteiger charge is -2.28. The van der Waals surface area contributed by atoms with Crippen molar-refractivity contribution in [3.63, 3.8) is 0 Å². The Balaban J connectivity index is 1.56. The first-order valence-corrected chi connectivity index (χ1v) is 9.53. The minimum Gasteiger partial charge on any atom is -0.482 e. The molecule has 2 heterocycles. The average molecular weight is 397 g/mol. The van der Waals surface area contributed by atoms with Crippen LogP contribution in [0.2, 0.25) is 0 Å². The van der Waals surface area contributed by atoms with Crippen LogP contribution >= 0.6 is 11.3 Å². The molecular weight excluding hydrogens is 381 g/mol. The number of likely N-dealkylation sites (N-methyl/N-ethyl adjacent to an activating group) is 1. The lowest BCUT2D eigenvalue weighted by molar-refractivity contribution is -0.121. The van der Waals surface area contributed by atoms with Crippen LogP contribution in [0.25, 0.3) is 11.3 Å². The molecule has 142 valence electrons. The highest BCUT2D eigenvalue weighted by Gasteiger charge is 2.24. The monoisotopic (exact) mass is 397 g/mol. The largest absolute Gasteiger partial charge is 0.482 e. The van der Waals surface area contributed by atoms with Crippen molar-refractivity contribution in [3.8, 4) is 17.0 Å². The molecule has 0 atom stereocenters. The van der Waals surface area contributed by atoms with Gasteiger partial charge in [-0.2, -0.15) is 0 Å². The molecule has 1 aromatic heterocycles. The number of hydrogen-bond acceptors (Lipinski definition) is 5. The zero-order valence-electron chi connectivity index (χ0n) is 14.9. The Morgan fingerprint density at radius 2 is 2.07 bits per heavy atom. The van der Waals surface area contributed by atoms with Gasteiger partial charge in [0.25, 0.3) is 11.8 Å². The van der Waals surface area contributed by atoms with E-state index in [4.69, 9.17) is 4.74 Å². The lowest BCUT2D eigenvalue weighted by atomic mass is 10.1. The first kappa shape index (κ1) is 18.1. The van der Waals surface area contributed by atoms with Crippen molar-refractivity contribution in [2.45, 2.75) is 6.92 Å². The Kier molecular flexibility index (Phi) is 4.79. The van der Waals surface area contributed by atoms with E-state index in [-0.39, 0.29) is 18.4 Å². The summed E-state index contributed by atoms with van der Waals surface area (Å²) >= 11 is 1.29. The van der Waals surface area contributed by atoms with E-state index in [0.29, 0.717) is 34.4 Å². The number of fused-ring (bicyclic) bond motifs is 1. The Labute approximate surface area is 164 Å². The van der Waals surface area contributed by atoms with Crippen LogP contribution in [-0.4, -0.2) is 29.9 Å². The summed E-state index contributed by atoms with van der Waals surface area (Å²) in [5, 5.41) is 4.97. The van der Waals surface area contributed by atoms with E-state index in [1.165, 1.54) is 35.6 Å². The number of ether oxygens (including phenoxy) is 1. The van der Waals surface area contributed by atoms with Gasteiger partial charge in [-0.1, -0.05) is 0 Å². The maximum atomic E-state index is 13.0. The average Bonchev–Trinajstić information content (AvgIpc) is 3.16. The highest BCUT2D eigenvalue weighted by atomic mass is 32.1. The quantitative estimate of drug-likeness (QED) is 0.724. The molecule has 0 bridgehead atoms. The van der Waals surface area contributed by atoms with E-state index < -0.39 is 5.82 Å². The number of nitrogens with zero attached hydrogens (tertiary/aromatic N) is 2. The zero-order chi connectivity index (χ0) is 19.7. The van der Waals surface area contributed by atoms with E-state index >= 15 is 0 Å². The van der Waals surface area contributed by atoms with Crippen LogP contribution in [0.1, 0.15) is 17.3 Å². The Morgan fingerprint density at radius 1 is 1.29 bits per heavy atom. The molecule has 0 saturated heterocycles. The molecule has 4 rings (SSSR count). The summed E-state index contributed by atoms with van der Waals surface area (Å²) in [6.07, 6.45) is 0. The summed E-state index contributed by atoms with van der Waals surface area (Å²) in [5.41, 5.74) is 2.55. The van der Waals surface area contributed by atoms with Crippen molar-refractivity contribution in [1.82, 2.24) is 4.98 Å². The van der Waals surface area contributed by atoms with Gasteiger partial charge < -0.3 is 9.64 Å². The topological polar surface area (TPSA) is 71.5 Å². The molecule has 0 spiro atoms. The maximum absolute atomic E-state index is 13.0. The molecule has 0 unspecified atom stereocenters. The number of aromatic nitrogens is 1. The standard InChI is InChI=1S/C20H16FN3O3S/c1-2-24-16-9-13(5-8-17(16)27-10-18(24)25)15-11-28-20(22-15)23-19(26)12-3-6-14(21)7-4-12/h3-9,11H,2,10H2,1H3,(H,22,23,26). The fourth-order valence-corrected chi connectivity index (χ4v) is 3.66. The SMILES string of the molecule is CCN1C(=O)COc2ccc(-c3csc(NC(=O)c4ccc(F)cc4)n3)cc21. The molecule has 2 aromatic carbocycles. The third-order valence-electron chi connectivity index (χ3n) is 4.34. The molecule has 0 saturated carbocycles. The predicted octanol–water partition coefficient (Wildman–Crippen LogP) is 3.95. The highest BCUT2D eigenvalue weighted by Crippen LogP contribution is 2.36. The van der Waals surface area contributed by atoms with Crippen LogP contribution in [0.4, 0.5) is 15.2 Å². The fraction of sp³-hybridized carbons (Fsp3) is 0.150. The second-order valence-electron chi connectivity index (χ2n) is 6.11. The Morgan fingerprint density at radius 3 is 2.82 bits per heavy atom. The molecule has 6 nitrogen and oxygen atoms in total. The van der Waals surface area contributed by atoms with Gasteiger partial charge in [-0.05, 0) is 49.4 Å². The predicted molar refractivity (Wildman–Crippen MR) is 105 cm³/mol. The van der Waals surface area contributed by atoms with Gasteiger partial charge in [-0.3, -0.25) is 14.9 Å². The number of thiazole rings is 1. The fourth-order valence-electron chi connectivity index (χ4n) is 2.94. The Hall–Kier alpha value is -3.26. The van der Waals surface area contributed by atoms with Gasteiger partial charge in [-0.25, -0.2) is 9.37 Å². The Bertz CT molecular complexity index is 1050. The molecule has 1 N–H and O–H groups in total. The molecule has 0 aliphatic carbocycles. The molecule has 0 fully saturated rings. The van der Waals surface area contributed by atoms with Crippen molar-refractivity contribution < 1.29 is 18.7 Å². The number of hydrogen-bond donors (Lipinski definition) is 1. The third kappa shape index (κ3) is 3.46. The van der Waals surface area contributed by atoms with Crippen molar-refractivity contribution in [3.05, 3.63) is 59.2 Å². The number of carbonyl (C=O) groups excluding carboxylic acids is 2. The van der Waals surface area contributed by atoms with E-state index in [0.717, 1.165) is 5.56 Å². The third-order valence-corrected chi connectivity index (χ3v) is 5.10. The van der Waals surface area contributed by atoms with E-state index in [2.05, 4.69) is 10.3 Å². The zero-order valence-corrected chi connectivity index (χ0v) is 15.8. The molecular formula is C20H16FN3O3S. The summed E-state index contributed by atoms with van der Waals surface area (Å²) in [5.74, 6) is -0.186. The van der Waals surface area contributed by atoms with Crippen LogP contribution in [0, 0.1) is 5.82 Å². The molecule has 3 aromatic rings. The normalized spacial score (nSPS) is 13.1. The minimum absolute atomic E-state index is 0.0381. The molecule has 28 heavy (non-hydrogen) atoms. The number of rotatable bonds is 4. The molecule has 1 aliphatic rings. The number of carbonyl (C=O) groups is 2. The second kappa shape index (κ2) is 7.40. The van der Waals surface area contributed by atoms with Crippen LogP contribution in [0.5, 0.6) is 5.75 Å². The molecule has 8 heteroatoms. The molecule has 1 aliphatic heterocycles. The van der Waals surface area contributed by atoms with Crippen LogP contribution in [0.15, 0.2) is 47.8 Å². The number of amides is 2. The maximum Gasteiger partial charge on any atom is 0.265 e. The number of benzene rings is 2. The number of nitrogens with one attached hydrogen (secondary N) is 1. The van der Waals surface area contributed by atoms with Crippen molar-refractivity contribution in [1.29, 1.82) is 0 Å². The van der Waals surface area contributed by atoms with Crippen molar-refractivity contribution >= 4 is 34.0 Å². The first-order valence-electron chi connectivity index (χ1n) is 8.65. The smallest absolute Gasteiger partial charge is 0.265 e. The van der Waals surface area contributed by atoms with E-state index in [1.54, 1.807) is 4.90 Å². The van der Waals surface area contributed by atoms with Gasteiger partial charge in [0.1, 0.15) is 11.6 Å². The van der Waals surface area contributed by atoms with Crippen molar-refractivity contribution in [2.75, 3.05) is 23.4 Å². The van der Waals surface area contributed by atoms with Crippen molar-refractivity contribution in [2.24, 2.45) is 0 Å². The van der Waals surface area contributed by atoms with Gasteiger partial charge in [0.05, 0.1) is 11.4 Å². The van der Waals surface area contributed by atoms with E-state index in [1.807, 2.05) is 30.5 Å². The molecule has 2 amide bonds. The molecule has 0 radical (unpaired) electrons. The van der Waals surface area contributed by atoms with Crippen LogP contribution < -0.4 is 15.0 Å². The van der Waals surface area contributed by atoms with Gasteiger partial charge in [0, 0.05) is 23.1 Å². The summed E-state index contributed by atoms with van der Waals surface area (Å²) < 4.78 is 18.5. The summed E-state index contributed by atoms with van der Waals surface area (Å²) in [6, 6.07) is 10.8. The summed E-state index contributed by atoms with van der Waals surface area (Å²) in [6.45, 7) is 2.50. The van der Waals surface area contributed by atoms with E-state index in [9.17, 15) is 14.0 Å². The highest BCUT2D eigenvalue weighted by molar-refractivity contribution is 7.14. The summed E-state index contributed by atoms with van der Waals surface area (Å²) in [7, 11) is 0. The van der Waals surface area contributed by atoms with Gasteiger partial charge >= 0.3 is 0 Å². The van der Waals surface area contributed by atoms with Gasteiger partial charge in [-0.15, -0.1) is 11.3 Å². The lowest BCUT2D eigenvalue weighted by Crippen LogP contribution is -2.38. The second-order valence-corrected chi connectivity index (χ2v) is 6.97. The van der Waals surface area contributed by atoms with Crippen LogP contribution in [-0.2, 0) is 4.79 Å². The van der Waals surface area contributed by atoms with Gasteiger partial charge in [0.15, 0.2) is 11.7 Å². The van der Waals surface area contributed by atoms with Crippen LogP contribution in [0.3, 0.4) is 0 Å². The summed E-state index contributed by atoms with van der Waals surface area (Å²) in [4.78, 5) is 30.4. The first-order chi connectivity index (χ1) is 13.5. The number of anilines is 2. The minimum atomic E-state index is -0.399. The van der Waals surface area contributed by atoms with Gasteiger partial charge in [0.2, 0.25) is 0 Å².